The zero-order valence-corrected chi connectivity index (χ0v) is 13.4. The Morgan fingerprint density at radius 1 is 1.25 bits per heavy atom. The van der Waals surface area contributed by atoms with Gasteiger partial charge in [-0.25, -0.2) is 0 Å². The van der Waals surface area contributed by atoms with Crippen molar-refractivity contribution in [3.05, 3.63) is 47.2 Å². The highest BCUT2D eigenvalue weighted by Crippen LogP contribution is 2.44. The molecule has 7 heteroatoms. The Bertz CT molecular complexity index is 908. The summed E-state index contributed by atoms with van der Waals surface area (Å²) in [5.74, 6) is 1.79. The summed E-state index contributed by atoms with van der Waals surface area (Å²) >= 11 is 0. The maximum absolute atomic E-state index is 12.6. The molecule has 1 aliphatic rings. The van der Waals surface area contributed by atoms with Crippen molar-refractivity contribution in [1.82, 2.24) is 15.4 Å². The van der Waals surface area contributed by atoms with E-state index in [-0.39, 0.29) is 5.91 Å². The summed E-state index contributed by atoms with van der Waals surface area (Å²) in [6.07, 6.45) is 2.15. The second-order valence-electron chi connectivity index (χ2n) is 5.94. The van der Waals surface area contributed by atoms with E-state index in [9.17, 15) is 4.79 Å². The van der Waals surface area contributed by atoms with Gasteiger partial charge in [-0.3, -0.25) is 4.79 Å². The maximum atomic E-state index is 12.6. The number of hydrogen-bond donors (Lipinski definition) is 1. The molecule has 0 unspecified atom stereocenters. The van der Waals surface area contributed by atoms with Gasteiger partial charge >= 0.3 is 0 Å². The smallest absolute Gasteiger partial charge is 0.255 e. The third-order valence-electron chi connectivity index (χ3n) is 3.97. The molecule has 1 amide bonds. The first-order valence-corrected chi connectivity index (χ1v) is 7.80. The first kappa shape index (κ1) is 14.6. The number of hydrogen-bond acceptors (Lipinski definition) is 6. The number of benzene rings is 1. The molecule has 0 spiro atoms. The van der Waals surface area contributed by atoms with Crippen molar-refractivity contribution < 1.29 is 13.7 Å². The summed E-state index contributed by atoms with van der Waals surface area (Å²) in [5.41, 5.74) is 2.58. The minimum absolute atomic E-state index is 0.221. The standard InChI is InChI=1S/C17H16N4O3/c1-9-14(15(24-21-9)11-6-7-11)18-16(22)12-4-3-5-13(8-12)17-20-19-10(2)23-17/h3-5,8,11H,6-7H2,1-2H3,(H,18,22). The SMILES string of the molecule is Cc1nnc(-c2cccc(C(=O)Nc3c(C)noc3C3CC3)c2)o1. The second-order valence-corrected chi connectivity index (χ2v) is 5.94. The fourth-order valence-corrected chi connectivity index (χ4v) is 2.56. The minimum Gasteiger partial charge on any atom is -0.421 e. The average Bonchev–Trinajstić information content (AvgIpc) is 3.24. The van der Waals surface area contributed by atoms with E-state index < -0.39 is 0 Å². The van der Waals surface area contributed by atoms with E-state index in [1.165, 1.54) is 0 Å². The molecule has 2 aromatic heterocycles. The average molecular weight is 324 g/mol. The van der Waals surface area contributed by atoms with Gasteiger partial charge in [0.2, 0.25) is 11.8 Å². The van der Waals surface area contributed by atoms with E-state index in [2.05, 4.69) is 20.7 Å². The molecule has 0 saturated heterocycles. The van der Waals surface area contributed by atoms with Gasteiger partial charge in [-0.05, 0) is 38.0 Å². The molecule has 0 atom stereocenters. The van der Waals surface area contributed by atoms with Crippen LogP contribution in [0.25, 0.3) is 11.5 Å². The molecule has 122 valence electrons. The predicted octanol–water partition coefficient (Wildman–Crippen LogP) is 3.47. The number of anilines is 1. The van der Waals surface area contributed by atoms with Crippen LogP contribution in [0.4, 0.5) is 5.69 Å². The molecule has 4 rings (SSSR count). The Morgan fingerprint density at radius 2 is 2.08 bits per heavy atom. The largest absolute Gasteiger partial charge is 0.421 e. The normalized spacial score (nSPS) is 13.9. The van der Waals surface area contributed by atoms with Crippen LogP contribution in [0.1, 0.15) is 46.5 Å². The molecule has 7 nitrogen and oxygen atoms in total. The van der Waals surface area contributed by atoms with Gasteiger partial charge in [0.1, 0.15) is 11.4 Å². The van der Waals surface area contributed by atoms with Crippen LogP contribution in [0.3, 0.4) is 0 Å². The monoisotopic (exact) mass is 324 g/mol. The fourth-order valence-electron chi connectivity index (χ4n) is 2.56. The number of aryl methyl sites for hydroxylation is 2. The van der Waals surface area contributed by atoms with Crippen LogP contribution < -0.4 is 5.32 Å². The Morgan fingerprint density at radius 3 is 2.79 bits per heavy atom. The number of amides is 1. The number of nitrogens with one attached hydrogen (secondary N) is 1. The van der Waals surface area contributed by atoms with Crippen LogP contribution >= 0.6 is 0 Å². The Labute approximate surface area is 138 Å². The summed E-state index contributed by atoms with van der Waals surface area (Å²) in [5, 5.41) is 14.7. The summed E-state index contributed by atoms with van der Waals surface area (Å²) in [7, 11) is 0. The van der Waals surface area contributed by atoms with Gasteiger partial charge in [-0.15, -0.1) is 10.2 Å². The van der Waals surface area contributed by atoms with Gasteiger partial charge in [-0.2, -0.15) is 0 Å². The van der Waals surface area contributed by atoms with Crippen LogP contribution in [0.2, 0.25) is 0 Å². The maximum Gasteiger partial charge on any atom is 0.255 e. The fraction of sp³-hybridized carbons (Fsp3) is 0.294. The number of rotatable bonds is 4. The molecule has 0 bridgehead atoms. The topological polar surface area (TPSA) is 94.1 Å². The van der Waals surface area contributed by atoms with Crippen molar-refractivity contribution >= 4 is 11.6 Å². The summed E-state index contributed by atoms with van der Waals surface area (Å²) in [6.45, 7) is 3.55. The highest BCUT2D eigenvalue weighted by molar-refractivity contribution is 6.05. The molecular weight excluding hydrogens is 308 g/mol. The van der Waals surface area contributed by atoms with Crippen LogP contribution in [0.5, 0.6) is 0 Å². The molecule has 1 aliphatic carbocycles. The molecule has 1 N–H and O–H groups in total. The molecule has 1 fully saturated rings. The Kier molecular flexibility index (Phi) is 3.41. The van der Waals surface area contributed by atoms with E-state index in [0.29, 0.717) is 40.2 Å². The van der Waals surface area contributed by atoms with Gasteiger partial charge in [-0.1, -0.05) is 11.2 Å². The lowest BCUT2D eigenvalue weighted by Crippen LogP contribution is -2.13. The van der Waals surface area contributed by atoms with Crippen molar-refractivity contribution in [1.29, 1.82) is 0 Å². The highest BCUT2D eigenvalue weighted by atomic mass is 16.5. The van der Waals surface area contributed by atoms with Gasteiger partial charge in [0.25, 0.3) is 5.91 Å². The van der Waals surface area contributed by atoms with Crippen LogP contribution in [-0.4, -0.2) is 21.3 Å². The van der Waals surface area contributed by atoms with Gasteiger partial charge in [0.15, 0.2) is 5.76 Å². The first-order chi connectivity index (χ1) is 11.6. The number of nitrogens with zero attached hydrogens (tertiary/aromatic N) is 3. The van der Waals surface area contributed by atoms with Crippen molar-refractivity contribution in [3.8, 4) is 11.5 Å². The highest BCUT2D eigenvalue weighted by Gasteiger charge is 2.32. The van der Waals surface area contributed by atoms with Crippen LogP contribution in [0.15, 0.2) is 33.2 Å². The minimum atomic E-state index is -0.221. The number of carbonyl (C=O) groups excluding carboxylic acids is 1. The summed E-state index contributed by atoms with van der Waals surface area (Å²) in [6, 6.07) is 7.07. The van der Waals surface area contributed by atoms with E-state index in [1.54, 1.807) is 25.1 Å². The van der Waals surface area contributed by atoms with Crippen molar-refractivity contribution in [3.63, 3.8) is 0 Å². The molecule has 2 heterocycles. The molecule has 0 aliphatic heterocycles. The molecule has 1 saturated carbocycles. The molecular formula is C17H16N4O3. The molecule has 1 aromatic carbocycles. The third-order valence-corrected chi connectivity index (χ3v) is 3.97. The number of aromatic nitrogens is 3. The molecule has 3 aromatic rings. The van der Waals surface area contributed by atoms with Crippen LogP contribution in [-0.2, 0) is 0 Å². The van der Waals surface area contributed by atoms with E-state index in [4.69, 9.17) is 8.94 Å². The van der Waals surface area contributed by atoms with Crippen molar-refractivity contribution in [2.24, 2.45) is 0 Å². The Hall–Kier alpha value is -2.96. The van der Waals surface area contributed by atoms with Crippen LogP contribution in [0, 0.1) is 13.8 Å². The van der Waals surface area contributed by atoms with E-state index >= 15 is 0 Å². The van der Waals surface area contributed by atoms with E-state index in [1.807, 2.05) is 13.0 Å². The second kappa shape index (κ2) is 5.59. The summed E-state index contributed by atoms with van der Waals surface area (Å²) in [4.78, 5) is 12.6. The van der Waals surface area contributed by atoms with Gasteiger partial charge in [0.05, 0.1) is 0 Å². The Balaban J connectivity index is 1.60. The lowest BCUT2D eigenvalue weighted by atomic mass is 10.1. The summed E-state index contributed by atoms with van der Waals surface area (Å²) < 4.78 is 10.8. The quantitative estimate of drug-likeness (QED) is 0.789. The van der Waals surface area contributed by atoms with Crippen molar-refractivity contribution in [2.45, 2.75) is 32.6 Å². The molecule has 0 radical (unpaired) electrons. The lowest BCUT2D eigenvalue weighted by Gasteiger charge is -2.06. The predicted molar refractivity (Wildman–Crippen MR) is 85.6 cm³/mol. The third kappa shape index (κ3) is 2.68. The van der Waals surface area contributed by atoms with E-state index in [0.717, 1.165) is 18.6 Å². The first-order valence-electron chi connectivity index (χ1n) is 7.80. The zero-order valence-electron chi connectivity index (χ0n) is 13.4. The van der Waals surface area contributed by atoms with Gasteiger partial charge < -0.3 is 14.3 Å². The van der Waals surface area contributed by atoms with Crippen molar-refractivity contribution in [2.75, 3.05) is 5.32 Å². The zero-order chi connectivity index (χ0) is 16.7. The molecule has 24 heavy (non-hydrogen) atoms. The lowest BCUT2D eigenvalue weighted by molar-refractivity contribution is 0.102. The number of carbonyl (C=O) groups is 1. The van der Waals surface area contributed by atoms with Gasteiger partial charge in [0, 0.05) is 24.0 Å².